The molecule has 0 aliphatic heterocycles. The molecule has 1 aromatic heterocycles. The molecule has 1 heterocycles. The lowest BCUT2D eigenvalue weighted by Gasteiger charge is -2.06. The summed E-state index contributed by atoms with van der Waals surface area (Å²) in [5, 5.41) is 2.78. The molecular weight excluding hydrogens is 296 g/mol. The first kappa shape index (κ1) is 16.5. The van der Waals surface area contributed by atoms with Gasteiger partial charge in [0, 0.05) is 6.54 Å². The zero-order valence-electron chi connectivity index (χ0n) is 13.0. The number of aromatic nitrogens is 1. The first-order valence-corrected chi connectivity index (χ1v) is 7.10. The number of methoxy groups -OCH3 is 2. The Morgan fingerprint density at radius 3 is 2.39 bits per heavy atom. The van der Waals surface area contributed by atoms with Gasteiger partial charge < -0.3 is 14.8 Å². The summed E-state index contributed by atoms with van der Waals surface area (Å²) in [6.07, 6.45) is 0.687. The molecule has 1 aromatic carbocycles. The number of carbonyl (C=O) groups is 2. The fourth-order valence-electron chi connectivity index (χ4n) is 1.98. The highest BCUT2D eigenvalue weighted by Crippen LogP contribution is 2.11. The second-order valence-electron chi connectivity index (χ2n) is 4.75. The molecule has 1 amide bonds. The number of benzene rings is 1. The van der Waals surface area contributed by atoms with Crippen LogP contribution in [0.15, 0.2) is 42.5 Å². The highest BCUT2D eigenvalue weighted by atomic mass is 16.5. The quantitative estimate of drug-likeness (QED) is 0.823. The van der Waals surface area contributed by atoms with Crippen LogP contribution < -0.4 is 10.1 Å². The summed E-state index contributed by atoms with van der Waals surface area (Å²) in [6, 6.07) is 12.3. The molecule has 0 saturated carbocycles. The van der Waals surface area contributed by atoms with E-state index in [1.807, 2.05) is 24.3 Å². The summed E-state index contributed by atoms with van der Waals surface area (Å²) in [5.74, 6) is -0.108. The summed E-state index contributed by atoms with van der Waals surface area (Å²) in [4.78, 5) is 27.5. The molecule has 2 aromatic rings. The SMILES string of the molecule is COC(=O)c1cccc(C(=O)NCCc2ccc(OC)cc2)n1. The Bertz CT molecular complexity index is 683. The Morgan fingerprint density at radius 2 is 1.74 bits per heavy atom. The summed E-state index contributed by atoms with van der Waals surface area (Å²) in [7, 11) is 2.89. The van der Waals surface area contributed by atoms with Crippen molar-refractivity contribution in [3.8, 4) is 5.75 Å². The van der Waals surface area contributed by atoms with E-state index in [0.717, 1.165) is 11.3 Å². The summed E-state index contributed by atoms with van der Waals surface area (Å²) in [6.45, 7) is 0.468. The molecule has 23 heavy (non-hydrogen) atoms. The van der Waals surface area contributed by atoms with Gasteiger partial charge >= 0.3 is 5.97 Å². The Hall–Kier alpha value is -2.89. The second-order valence-corrected chi connectivity index (χ2v) is 4.75. The summed E-state index contributed by atoms with van der Waals surface area (Å²) < 4.78 is 9.68. The Labute approximate surface area is 134 Å². The maximum Gasteiger partial charge on any atom is 0.356 e. The molecule has 0 aliphatic carbocycles. The fraction of sp³-hybridized carbons (Fsp3) is 0.235. The first-order chi connectivity index (χ1) is 11.1. The lowest BCUT2D eigenvalue weighted by Crippen LogP contribution is -2.27. The van der Waals surface area contributed by atoms with E-state index in [0.29, 0.717) is 13.0 Å². The van der Waals surface area contributed by atoms with Crippen molar-refractivity contribution in [2.45, 2.75) is 6.42 Å². The molecular formula is C17H18N2O4. The number of carbonyl (C=O) groups excluding carboxylic acids is 2. The van der Waals surface area contributed by atoms with Crippen LogP contribution in [0.1, 0.15) is 26.5 Å². The minimum atomic E-state index is -0.571. The van der Waals surface area contributed by atoms with Crippen molar-refractivity contribution in [3.63, 3.8) is 0 Å². The Balaban J connectivity index is 1.90. The monoisotopic (exact) mass is 314 g/mol. The Kier molecular flexibility index (Phi) is 5.68. The van der Waals surface area contributed by atoms with Crippen molar-refractivity contribution in [2.75, 3.05) is 20.8 Å². The van der Waals surface area contributed by atoms with Gasteiger partial charge in [-0.1, -0.05) is 18.2 Å². The smallest absolute Gasteiger partial charge is 0.356 e. The number of nitrogens with one attached hydrogen (secondary N) is 1. The van der Waals surface area contributed by atoms with Crippen LogP contribution in [0, 0.1) is 0 Å². The topological polar surface area (TPSA) is 77.5 Å². The molecule has 120 valence electrons. The molecule has 0 spiro atoms. The maximum atomic E-state index is 12.1. The summed E-state index contributed by atoms with van der Waals surface area (Å²) >= 11 is 0. The number of rotatable bonds is 6. The van der Waals surface area contributed by atoms with Crippen LogP contribution in [-0.4, -0.2) is 37.6 Å². The third-order valence-corrected chi connectivity index (χ3v) is 3.23. The molecule has 1 N–H and O–H groups in total. The lowest BCUT2D eigenvalue weighted by atomic mass is 10.1. The molecule has 6 nitrogen and oxygen atoms in total. The lowest BCUT2D eigenvalue weighted by molar-refractivity contribution is 0.0594. The van der Waals surface area contributed by atoms with E-state index in [4.69, 9.17) is 4.74 Å². The largest absolute Gasteiger partial charge is 0.497 e. The van der Waals surface area contributed by atoms with E-state index in [-0.39, 0.29) is 17.3 Å². The number of hydrogen-bond acceptors (Lipinski definition) is 5. The Morgan fingerprint density at radius 1 is 1.04 bits per heavy atom. The van der Waals surface area contributed by atoms with Crippen molar-refractivity contribution in [3.05, 3.63) is 59.4 Å². The predicted molar refractivity (Wildman–Crippen MR) is 84.6 cm³/mol. The third-order valence-electron chi connectivity index (χ3n) is 3.23. The standard InChI is InChI=1S/C17H18N2O4/c1-22-13-8-6-12(7-9-13)10-11-18-16(20)14-4-3-5-15(19-14)17(21)23-2/h3-9H,10-11H2,1-2H3,(H,18,20). The van der Waals surface area contributed by atoms with Crippen LogP contribution in [0.25, 0.3) is 0 Å². The third kappa shape index (κ3) is 4.54. The van der Waals surface area contributed by atoms with Crippen LogP contribution >= 0.6 is 0 Å². The van der Waals surface area contributed by atoms with E-state index in [9.17, 15) is 9.59 Å². The van der Waals surface area contributed by atoms with E-state index < -0.39 is 5.97 Å². The highest BCUT2D eigenvalue weighted by Gasteiger charge is 2.12. The van der Waals surface area contributed by atoms with Crippen molar-refractivity contribution < 1.29 is 19.1 Å². The number of amides is 1. The van der Waals surface area contributed by atoms with Crippen molar-refractivity contribution >= 4 is 11.9 Å². The van der Waals surface area contributed by atoms with Gasteiger partial charge in [-0.05, 0) is 36.2 Å². The normalized spacial score (nSPS) is 10.0. The van der Waals surface area contributed by atoms with Gasteiger partial charge in [0.2, 0.25) is 0 Å². The van der Waals surface area contributed by atoms with Crippen molar-refractivity contribution in [1.82, 2.24) is 10.3 Å². The van der Waals surface area contributed by atoms with Gasteiger partial charge in [0.05, 0.1) is 14.2 Å². The zero-order chi connectivity index (χ0) is 16.7. The van der Waals surface area contributed by atoms with Crippen LogP contribution in [-0.2, 0) is 11.2 Å². The molecule has 0 saturated heterocycles. The van der Waals surface area contributed by atoms with E-state index in [1.54, 1.807) is 19.2 Å². The molecule has 0 radical (unpaired) electrons. The van der Waals surface area contributed by atoms with Crippen molar-refractivity contribution in [2.24, 2.45) is 0 Å². The van der Waals surface area contributed by atoms with Crippen molar-refractivity contribution in [1.29, 1.82) is 0 Å². The average Bonchev–Trinajstić information content (AvgIpc) is 2.61. The molecule has 0 unspecified atom stereocenters. The molecule has 6 heteroatoms. The van der Waals surface area contributed by atoms with Gasteiger partial charge in [-0.2, -0.15) is 0 Å². The average molecular weight is 314 g/mol. The van der Waals surface area contributed by atoms with Crippen LogP contribution in [0.4, 0.5) is 0 Å². The van der Waals surface area contributed by atoms with Gasteiger partial charge in [0.25, 0.3) is 5.91 Å². The second kappa shape index (κ2) is 7.93. The van der Waals surface area contributed by atoms with E-state index in [2.05, 4.69) is 15.0 Å². The fourth-order valence-corrected chi connectivity index (χ4v) is 1.98. The van der Waals surface area contributed by atoms with Gasteiger partial charge in [-0.25, -0.2) is 9.78 Å². The molecule has 0 atom stereocenters. The van der Waals surface area contributed by atoms with Crippen LogP contribution in [0.3, 0.4) is 0 Å². The van der Waals surface area contributed by atoms with Gasteiger partial charge in [0.1, 0.15) is 17.1 Å². The highest BCUT2D eigenvalue weighted by molar-refractivity contribution is 5.94. The predicted octanol–water partition coefficient (Wildman–Crippen LogP) is 1.85. The van der Waals surface area contributed by atoms with Gasteiger partial charge in [-0.3, -0.25) is 4.79 Å². The summed E-state index contributed by atoms with van der Waals surface area (Å²) in [5.41, 5.74) is 1.38. The maximum absolute atomic E-state index is 12.1. The minimum Gasteiger partial charge on any atom is -0.497 e. The first-order valence-electron chi connectivity index (χ1n) is 7.10. The van der Waals surface area contributed by atoms with Crippen LogP contribution in [0.5, 0.6) is 5.75 Å². The van der Waals surface area contributed by atoms with Crippen LogP contribution in [0.2, 0.25) is 0 Å². The van der Waals surface area contributed by atoms with Gasteiger partial charge in [-0.15, -0.1) is 0 Å². The number of nitrogens with zero attached hydrogens (tertiary/aromatic N) is 1. The number of pyridine rings is 1. The number of hydrogen-bond donors (Lipinski definition) is 1. The number of ether oxygens (including phenoxy) is 2. The van der Waals surface area contributed by atoms with E-state index in [1.165, 1.54) is 13.2 Å². The molecule has 0 bridgehead atoms. The molecule has 2 rings (SSSR count). The van der Waals surface area contributed by atoms with Gasteiger partial charge in [0.15, 0.2) is 0 Å². The van der Waals surface area contributed by atoms with E-state index >= 15 is 0 Å². The molecule has 0 aliphatic rings. The number of esters is 1. The minimum absolute atomic E-state index is 0.107. The molecule has 0 fully saturated rings. The zero-order valence-corrected chi connectivity index (χ0v) is 13.0.